The molecule has 5 nitrogen and oxygen atoms in total. The van der Waals surface area contributed by atoms with Gasteiger partial charge in [-0.15, -0.1) is 0 Å². The van der Waals surface area contributed by atoms with Crippen LogP contribution in [0.5, 0.6) is 0 Å². The molecular formula is C16H30O5SSi. The predicted octanol–water partition coefficient (Wildman–Crippen LogP) is 3.09. The second kappa shape index (κ2) is 10.6. The molecule has 2 unspecified atom stereocenters. The molecule has 1 aliphatic rings. The topological polar surface area (TPSA) is 61.8 Å². The van der Waals surface area contributed by atoms with Crippen molar-refractivity contribution in [2.24, 2.45) is 5.92 Å². The first-order chi connectivity index (χ1) is 11.0. The Balaban J connectivity index is 2.47. The summed E-state index contributed by atoms with van der Waals surface area (Å²) < 4.78 is 17.5. The van der Waals surface area contributed by atoms with Gasteiger partial charge in [-0.2, -0.15) is 11.8 Å². The highest BCUT2D eigenvalue weighted by Gasteiger charge is 2.41. The minimum atomic E-state index is -2.57. The van der Waals surface area contributed by atoms with Crippen molar-refractivity contribution in [1.29, 1.82) is 0 Å². The van der Waals surface area contributed by atoms with Crippen LogP contribution in [-0.4, -0.2) is 51.2 Å². The quantitative estimate of drug-likeness (QED) is 0.302. The zero-order valence-electron chi connectivity index (χ0n) is 14.8. The van der Waals surface area contributed by atoms with Crippen LogP contribution >= 0.6 is 11.8 Å². The zero-order valence-corrected chi connectivity index (χ0v) is 16.6. The molecule has 0 heterocycles. The van der Waals surface area contributed by atoms with Crippen LogP contribution in [0.4, 0.5) is 0 Å². The number of hydrogen-bond acceptors (Lipinski definition) is 6. The summed E-state index contributed by atoms with van der Waals surface area (Å²) in [7, 11) is -2.57. The molecule has 0 aromatic rings. The number of rotatable bonds is 12. The Morgan fingerprint density at radius 1 is 1.17 bits per heavy atom. The molecule has 0 saturated heterocycles. The molecule has 1 rings (SSSR count). The van der Waals surface area contributed by atoms with E-state index in [0.717, 1.165) is 24.6 Å². The van der Waals surface area contributed by atoms with E-state index in [9.17, 15) is 9.59 Å². The van der Waals surface area contributed by atoms with E-state index in [4.69, 9.17) is 13.3 Å². The number of carbonyl (C=O) groups is 2. The highest BCUT2D eigenvalue weighted by Crippen LogP contribution is 2.34. The fourth-order valence-corrected chi connectivity index (χ4v) is 7.31. The summed E-state index contributed by atoms with van der Waals surface area (Å²) in [4.78, 5) is 23.4. The van der Waals surface area contributed by atoms with Crippen molar-refractivity contribution in [1.82, 2.24) is 0 Å². The van der Waals surface area contributed by atoms with Crippen LogP contribution in [0.3, 0.4) is 0 Å². The standard InChI is InChI=1S/C16H30O5SSi/c1-5-19-23(20-6-2,21-7-3)12-8-11-22-15-10-9-14(18)16(15)13(4)17/h15-16H,5-12H2,1-4H3. The van der Waals surface area contributed by atoms with Gasteiger partial charge in [-0.25, -0.2) is 0 Å². The Kier molecular flexibility index (Phi) is 9.61. The van der Waals surface area contributed by atoms with Crippen LogP contribution in [0.25, 0.3) is 0 Å². The van der Waals surface area contributed by atoms with Crippen LogP contribution in [0, 0.1) is 5.92 Å². The normalized spacial score (nSPS) is 21.8. The van der Waals surface area contributed by atoms with E-state index in [1.54, 1.807) is 11.8 Å². The maximum Gasteiger partial charge on any atom is 0.500 e. The lowest BCUT2D eigenvalue weighted by Crippen LogP contribution is -2.46. The highest BCUT2D eigenvalue weighted by molar-refractivity contribution is 8.00. The molecule has 1 saturated carbocycles. The van der Waals surface area contributed by atoms with Crippen molar-refractivity contribution in [3.63, 3.8) is 0 Å². The van der Waals surface area contributed by atoms with Crippen molar-refractivity contribution in [2.45, 2.75) is 58.3 Å². The molecule has 1 fully saturated rings. The number of ketones is 2. The van der Waals surface area contributed by atoms with Gasteiger partial charge < -0.3 is 13.3 Å². The summed E-state index contributed by atoms with van der Waals surface area (Å²) in [5, 5.41) is 0.141. The van der Waals surface area contributed by atoms with Gasteiger partial charge in [0.25, 0.3) is 0 Å². The van der Waals surface area contributed by atoms with Gasteiger partial charge in [0.2, 0.25) is 0 Å². The summed E-state index contributed by atoms with van der Waals surface area (Å²) in [6, 6.07) is 0.779. The lowest BCUT2D eigenvalue weighted by Gasteiger charge is -2.28. The third-order valence-corrected chi connectivity index (χ3v) is 8.50. The van der Waals surface area contributed by atoms with E-state index in [2.05, 4.69) is 0 Å². The molecule has 23 heavy (non-hydrogen) atoms. The maximum atomic E-state index is 11.8. The summed E-state index contributed by atoms with van der Waals surface area (Å²) in [6.45, 7) is 9.15. The van der Waals surface area contributed by atoms with Gasteiger partial charge in [0.15, 0.2) is 0 Å². The van der Waals surface area contributed by atoms with Crippen molar-refractivity contribution in [3.8, 4) is 0 Å². The molecule has 7 heteroatoms. The van der Waals surface area contributed by atoms with Crippen LogP contribution in [0.1, 0.15) is 47.0 Å². The van der Waals surface area contributed by atoms with Gasteiger partial charge in [-0.3, -0.25) is 9.59 Å². The number of carbonyl (C=O) groups excluding carboxylic acids is 2. The Hall–Kier alpha value is -0.213. The summed E-state index contributed by atoms with van der Waals surface area (Å²) in [5.41, 5.74) is 0. The van der Waals surface area contributed by atoms with Gasteiger partial charge in [-0.05, 0) is 46.3 Å². The molecule has 0 aromatic heterocycles. The average molecular weight is 363 g/mol. The molecule has 1 aliphatic carbocycles. The van der Waals surface area contributed by atoms with Gasteiger partial charge in [-0.1, -0.05) is 0 Å². The third kappa shape index (κ3) is 6.30. The van der Waals surface area contributed by atoms with Crippen molar-refractivity contribution in [2.75, 3.05) is 25.6 Å². The molecular weight excluding hydrogens is 332 g/mol. The summed E-state index contributed by atoms with van der Waals surface area (Å²) >= 11 is 1.73. The van der Waals surface area contributed by atoms with Gasteiger partial charge in [0, 0.05) is 37.5 Å². The monoisotopic (exact) mass is 362 g/mol. The van der Waals surface area contributed by atoms with Crippen molar-refractivity contribution >= 4 is 32.1 Å². The lowest BCUT2D eigenvalue weighted by atomic mass is 10.0. The minimum absolute atomic E-state index is 0.00618. The third-order valence-electron chi connectivity index (χ3n) is 3.88. The SMILES string of the molecule is CCO[Si](CCCSC1CCC(=O)C1C(C)=O)(OCC)OCC. The molecule has 0 bridgehead atoms. The smallest absolute Gasteiger partial charge is 0.374 e. The maximum absolute atomic E-state index is 11.8. The number of thioether (sulfide) groups is 1. The zero-order chi connectivity index (χ0) is 17.3. The Morgan fingerprint density at radius 2 is 1.74 bits per heavy atom. The predicted molar refractivity (Wildman–Crippen MR) is 94.7 cm³/mol. The van der Waals surface area contributed by atoms with Gasteiger partial charge >= 0.3 is 8.80 Å². The van der Waals surface area contributed by atoms with Crippen LogP contribution < -0.4 is 0 Å². The Bertz CT molecular complexity index is 374. The molecule has 0 spiro atoms. The largest absolute Gasteiger partial charge is 0.500 e. The average Bonchev–Trinajstić information content (AvgIpc) is 2.85. The van der Waals surface area contributed by atoms with E-state index < -0.39 is 14.7 Å². The summed E-state index contributed by atoms with van der Waals surface area (Å²) in [6.07, 6.45) is 2.27. The first-order valence-corrected chi connectivity index (χ1v) is 11.5. The fourth-order valence-electron chi connectivity index (χ4n) is 3.01. The van der Waals surface area contributed by atoms with Crippen LogP contribution in [-0.2, 0) is 22.9 Å². The molecule has 0 radical (unpaired) electrons. The highest BCUT2D eigenvalue weighted by atomic mass is 32.2. The van der Waals surface area contributed by atoms with E-state index in [1.807, 2.05) is 20.8 Å². The molecule has 134 valence electrons. The second-order valence-electron chi connectivity index (χ2n) is 5.59. The van der Waals surface area contributed by atoms with Gasteiger partial charge in [0.05, 0.1) is 5.92 Å². The van der Waals surface area contributed by atoms with Crippen LogP contribution in [0.2, 0.25) is 6.04 Å². The molecule has 2 atom stereocenters. The molecule has 0 amide bonds. The lowest BCUT2D eigenvalue weighted by molar-refractivity contribution is -0.129. The Morgan fingerprint density at radius 3 is 2.22 bits per heavy atom. The summed E-state index contributed by atoms with van der Waals surface area (Å²) in [5.74, 6) is 0.611. The molecule has 0 aliphatic heterocycles. The van der Waals surface area contributed by atoms with E-state index in [0.29, 0.717) is 26.2 Å². The number of hydrogen-bond donors (Lipinski definition) is 0. The fraction of sp³-hybridized carbons (Fsp3) is 0.875. The van der Waals surface area contributed by atoms with Gasteiger partial charge in [0.1, 0.15) is 11.6 Å². The van der Waals surface area contributed by atoms with E-state index in [-0.39, 0.29) is 16.8 Å². The number of Topliss-reactive ketones (excluding diaryl/α,β-unsaturated/α-hetero) is 2. The van der Waals surface area contributed by atoms with E-state index >= 15 is 0 Å². The van der Waals surface area contributed by atoms with Crippen molar-refractivity contribution < 1.29 is 22.9 Å². The second-order valence-corrected chi connectivity index (χ2v) is 9.67. The first kappa shape index (κ1) is 20.8. The first-order valence-electron chi connectivity index (χ1n) is 8.56. The molecule has 0 aromatic carbocycles. The van der Waals surface area contributed by atoms with Crippen molar-refractivity contribution in [3.05, 3.63) is 0 Å². The van der Waals surface area contributed by atoms with Crippen LogP contribution in [0.15, 0.2) is 0 Å². The molecule has 0 N–H and O–H groups in total. The minimum Gasteiger partial charge on any atom is -0.374 e. The van der Waals surface area contributed by atoms with E-state index in [1.165, 1.54) is 6.92 Å². The Labute approximate surface area is 145 Å².